The Morgan fingerprint density at radius 1 is 0.960 bits per heavy atom. The first-order chi connectivity index (χ1) is 11.1. The zero-order valence-electron chi connectivity index (χ0n) is 13.3. The van der Waals surface area contributed by atoms with Crippen LogP contribution in [0.4, 0.5) is 30.7 Å². The Kier molecular flexibility index (Phi) is 5.56. The van der Waals surface area contributed by atoms with Crippen molar-refractivity contribution in [3.8, 4) is 0 Å². The van der Waals surface area contributed by atoms with Crippen LogP contribution in [0.15, 0.2) is 24.3 Å². The van der Waals surface area contributed by atoms with Crippen molar-refractivity contribution >= 4 is 11.7 Å². The molecule has 10 heteroatoms. The standard InChI is InChI=1S/C15H14F7NO2/c1-8-4-6-10(7-5-8)11(24)9(2)23(3)12(25)13(16,17)14(18,19)15(20,21)22/h4-7,9H,1-3H3. The molecule has 0 bridgehead atoms. The van der Waals surface area contributed by atoms with Gasteiger partial charge in [0, 0.05) is 12.6 Å². The predicted molar refractivity (Wildman–Crippen MR) is 73.7 cm³/mol. The van der Waals surface area contributed by atoms with Gasteiger partial charge in [0.05, 0.1) is 6.04 Å². The van der Waals surface area contributed by atoms with Crippen molar-refractivity contribution in [2.24, 2.45) is 0 Å². The highest BCUT2D eigenvalue weighted by molar-refractivity contribution is 6.02. The second-order valence-corrected chi connectivity index (χ2v) is 5.47. The number of alkyl halides is 7. The molecule has 0 aliphatic carbocycles. The highest BCUT2D eigenvalue weighted by Gasteiger charge is 2.76. The first-order valence-corrected chi connectivity index (χ1v) is 6.85. The molecule has 0 N–H and O–H groups in total. The van der Waals surface area contributed by atoms with Crippen LogP contribution < -0.4 is 0 Å². The van der Waals surface area contributed by atoms with Gasteiger partial charge in [0.1, 0.15) is 0 Å². The van der Waals surface area contributed by atoms with Crippen LogP contribution in [0, 0.1) is 6.92 Å². The lowest BCUT2D eigenvalue weighted by atomic mass is 10.0. The molecule has 0 spiro atoms. The zero-order chi connectivity index (χ0) is 19.8. The van der Waals surface area contributed by atoms with Gasteiger partial charge >= 0.3 is 18.0 Å². The third-order valence-corrected chi connectivity index (χ3v) is 3.64. The first kappa shape index (κ1) is 20.9. The molecule has 0 radical (unpaired) electrons. The first-order valence-electron chi connectivity index (χ1n) is 6.85. The monoisotopic (exact) mass is 373 g/mol. The Labute approximate surface area is 138 Å². The van der Waals surface area contributed by atoms with E-state index >= 15 is 0 Å². The largest absolute Gasteiger partial charge is 0.460 e. The van der Waals surface area contributed by atoms with Crippen LogP contribution in [0.3, 0.4) is 0 Å². The van der Waals surface area contributed by atoms with Crippen molar-refractivity contribution in [2.75, 3.05) is 7.05 Å². The van der Waals surface area contributed by atoms with Crippen LogP contribution in [0.25, 0.3) is 0 Å². The number of benzene rings is 1. The third-order valence-electron chi connectivity index (χ3n) is 3.64. The number of rotatable bonds is 5. The quantitative estimate of drug-likeness (QED) is 0.581. The molecule has 1 rings (SSSR count). The van der Waals surface area contributed by atoms with Crippen LogP contribution in [0.5, 0.6) is 0 Å². The summed E-state index contributed by atoms with van der Waals surface area (Å²) >= 11 is 0. The van der Waals surface area contributed by atoms with Gasteiger partial charge in [-0.1, -0.05) is 29.8 Å². The number of aryl methyl sites for hydroxylation is 1. The number of amides is 1. The minimum absolute atomic E-state index is 0.0105. The summed E-state index contributed by atoms with van der Waals surface area (Å²) in [6, 6.07) is 3.97. The van der Waals surface area contributed by atoms with Crippen LogP contribution in [-0.4, -0.2) is 47.7 Å². The van der Waals surface area contributed by atoms with Gasteiger partial charge in [-0.15, -0.1) is 0 Å². The number of carbonyl (C=O) groups excluding carboxylic acids is 2. The van der Waals surface area contributed by atoms with Gasteiger partial charge in [-0.3, -0.25) is 9.59 Å². The maximum Gasteiger partial charge on any atom is 0.460 e. The summed E-state index contributed by atoms with van der Waals surface area (Å²) < 4.78 is 89.2. The van der Waals surface area contributed by atoms with Crippen LogP contribution in [0.2, 0.25) is 0 Å². The van der Waals surface area contributed by atoms with Crippen molar-refractivity contribution in [1.29, 1.82) is 0 Å². The van der Waals surface area contributed by atoms with E-state index in [-0.39, 0.29) is 10.5 Å². The van der Waals surface area contributed by atoms with E-state index in [0.29, 0.717) is 7.05 Å². The fraction of sp³-hybridized carbons (Fsp3) is 0.467. The Morgan fingerprint density at radius 3 is 1.80 bits per heavy atom. The lowest BCUT2D eigenvalue weighted by Gasteiger charge is -2.32. The number of hydrogen-bond donors (Lipinski definition) is 0. The summed E-state index contributed by atoms with van der Waals surface area (Å²) in [5, 5.41) is 0. The minimum atomic E-state index is -6.63. The average molecular weight is 373 g/mol. The fourth-order valence-electron chi connectivity index (χ4n) is 1.84. The molecular formula is C15H14F7NO2. The lowest BCUT2D eigenvalue weighted by Crippen LogP contribution is -2.61. The molecule has 0 aliphatic rings. The second-order valence-electron chi connectivity index (χ2n) is 5.47. The van der Waals surface area contributed by atoms with E-state index in [1.54, 1.807) is 6.92 Å². The summed E-state index contributed by atoms with van der Waals surface area (Å²) in [6.07, 6.45) is -6.63. The molecule has 1 aromatic rings. The van der Waals surface area contributed by atoms with Gasteiger partial charge in [-0.05, 0) is 13.8 Å². The molecule has 1 atom stereocenters. The van der Waals surface area contributed by atoms with E-state index in [9.17, 15) is 40.3 Å². The average Bonchev–Trinajstić information content (AvgIpc) is 2.51. The Balaban J connectivity index is 3.08. The molecular weight excluding hydrogens is 359 g/mol. The molecule has 1 aromatic carbocycles. The van der Waals surface area contributed by atoms with Crippen molar-refractivity contribution < 1.29 is 40.3 Å². The number of likely N-dealkylation sites (N-methyl/N-ethyl adjacent to an activating group) is 1. The van der Waals surface area contributed by atoms with E-state index in [0.717, 1.165) is 12.5 Å². The molecule has 0 saturated heterocycles. The van der Waals surface area contributed by atoms with Gasteiger partial charge in [0.2, 0.25) is 0 Å². The molecule has 140 valence electrons. The van der Waals surface area contributed by atoms with Gasteiger partial charge in [-0.25, -0.2) is 0 Å². The molecule has 25 heavy (non-hydrogen) atoms. The van der Waals surface area contributed by atoms with Crippen molar-refractivity contribution in [1.82, 2.24) is 4.90 Å². The molecule has 0 aliphatic heterocycles. The van der Waals surface area contributed by atoms with Crippen molar-refractivity contribution in [2.45, 2.75) is 37.9 Å². The van der Waals surface area contributed by atoms with Crippen molar-refractivity contribution in [3.05, 3.63) is 35.4 Å². The van der Waals surface area contributed by atoms with E-state index in [2.05, 4.69) is 0 Å². The highest BCUT2D eigenvalue weighted by Crippen LogP contribution is 2.47. The summed E-state index contributed by atoms with van der Waals surface area (Å²) in [5.74, 6) is -16.3. The summed E-state index contributed by atoms with van der Waals surface area (Å²) in [4.78, 5) is 23.5. The highest BCUT2D eigenvalue weighted by atomic mass is 19.4. The summed E-state index contributed by atoms with van der Waals surface area (Å²) in [6.45, 7) is 2.65. The zero-order valence-corrected chi connectivity index (χ0v) is 13.3. The molecule has 0 aromatic heterocycles. The normalized spacial score (nSPS) is 14.2. The van der Waals surface area contributed by atoms with E-state index in [1.807, 2.05) is 0 Å². The molecule has 1 unspecified atom stereocenters. The summed E-state index contributed by atoms with van der Waals surface area (Å²) in [5.41, 5.74) is 0.758. The topological polar surface area (TPSA) is 37.4 Å². The van der Waals surface area contributed by atoms with Crippen LogP contribution in [-0.2, 0) is 4.79 Å². The number of hydrogen-bond acceptors (Lipinski definition) is 2. The predicted octanol–water partition coefficient (Wildman–Crippen LogP) is 3.86. The van der Waals surface area contributed by atoms with Gasteiger partial charge in [0.15, 0.2) is 5.78 Å². The SMILES string of the molecule is Cc1ccc(C(=O)C(C)N(C)C(=O)C(F)(F)C(F)(F)C(F)(F)F)cc1. The van der Waals surface area contributed by atoms with Gasteiger partial charge < -0.3 is 4.90 Å². The van der Waals surface area contributed by atoms with Crippen LogP contribution >= 0.6 is 0 Å². The number of halogens is 7. The van der Waals surface area contributed by atoms with Crippen molar-refractivity contribution in [3.63, 3.8) is 0 Å². The third kappa shape index (κ3) is 3.77. The molecule has 0 saturated carbocycles. The maximum atomic E-state index is 13.4. The molecule has 1 amide bonds. The Morgan fingerprint density at radius 2 is 1.40 bits per heavy atom. The molecule has 0 heterocycles. The van der Waals surface area contributed by atoms with Crippen LogP contribution in [0.1, 0.15) is 22.8 Å². The second kappa shape index (κ2) is 6.64. The van der Waals surface area contributed by atoms with Gasteiger partial charge in [0.25, 0.3) is 5.91 Å². The number of ketones is 1. The number of nitrogens with zero attached hydrogens (tertiary/aromatic N) is 1. The minimum Gasteiger partial charge on any atom is -0.330 e. The maximum absolute atomic E-state index is 13.4. The number of carbonyl (C=O) groups is 2. The fourth-order valence-corrected chi connectivity index (χ4v) is 1.84. The molecule has 3 nitrogen and oxygen atoms in total. The van der Waals surface area contributed by atoms with E-state index in [1.165, 1.54) is 24.3 Å². The Bertz CT molecular complexity index is 653. The molecule has 0 fully saturated rings. The summed E-state index contributed by atoms with van der Waals surface area (Å²) in [7, 11) is 0.555. The van der Waals surface area contributed by atoms with E-state index in [4.69, 9.17) is 0 Å². The smallest absolute Gasteiger partial charge is 0.330 e. The lowest BCUT2D eigenvalue weighted by molar-refractivity contribution is -0.345. The Hall–Kier alpha value is -2.13. The van der Waals surface area contributed by atoms with E-state index < -0.39 is 35.8 Å². The van der Waals surface area contributed by atoms with Gasteiger partial charge in [-0.2, -0.15) is 30.7 Å². The number of Topliss-reactive ketones (excluding diaryl/α,β-unsaturated/α-hetero) is 1.